The molecule has 1 heteroatoms. The van der Waals surface area contributed by atoms with Crippen LogP contribution < -0.4 is 5.32 Å². The molecule has 16 heavy (non-hydrogen) atoms. The van der Waals surface area contributed by atoms with E-state index in [0.717, 1.165) is 30.2 Å². The van der Waals surface area contributed by atoms with Crippen LogP contribution >= 0.6 is 0 Å². The van der Waals surface area contributed by atoms with Gasteiger partial charge in [0.15, 0.2) is 0 Å². The SMILES string of the molecule is C=CCCC(C)NC(C)C1CC2CCC1C2. The van der Waals surface area contributed by atoms with Crippen molar-refractivity contribution in [2.45, 2.75) is 64.5 Å². The van der Waals surface area contributed by atoms with E-state index in [9.17, 15) is 0 Å². The molecular weight excluding hydrogens is 194 g/mol. The summed E-state index contributed by atoms with van der Waals surface area (Å²) in [5.41, 5.74) is 0. The van der Waals surface area contributed by atoms with Gasteiger partial charge in [-0.2, -0.15) is 0 Å². The lowest BCUT2D eigenvalue weighted by atomic mass is 9.83. The van der Waals surface area contributed by atoms with Crippen molar-refractivity contribution >= 4 is 0 Å². The minimum Gasteiger partial charge on any atom is -0.311 e. The largest absolute Gasteiger partial charge is 0.311 e. The lowest BCUT2D eigenvalue weighted by Crippen LogP contribution is -2.41. The second-order valence-electron chi connectivity index (χ2n) is 6.06. The molecule has 5 unspecified atom stereocenters. The van der Waals surface area contributed by atoms with E-state index >= 15 is 0 Å². The molecule has 0 radical (unpaired) electrons. The van der Waals surface area contributed by atoms with Crippen LogP contribution in [0.4, 0.5) is 0 Å². The number of fused-ring (bicyclic) bond motifs is 2. The van der Waals surface area contributed by atoms with E-state index in [0.29, 0.717) is 6.04 Å². The van der Waals surface area contributed by atoms with E-state index in [1.165, 1.54) is 32.1 Å². The van der Waals surface area contributed by atoms with Crippen LogP contribution in [0.3, 0.4) is 0 Å². The molecular formula is C15H27N. The van der Waals surface area contributed by atoms with Crippen LogP contribution in [0, 0.1) is 17.8 Å². The Labute approximate surface area is 101 Å². The molecule has 2 aliphatic carbocycles. The van der Waals surface area contributed by atoms with Crippen LogP contribution in [0.5, 0.6) is 0 Å². The number of hydrogen-bond donors (Lipinski definition) is 1. The molecule has 0 saturated heterocycles. The lowest BCUT2D eigenvalue weighted by molar-refractivity contribution is 0.245. The Morgan fingerprint density at radius 2 is 2.12 bits per heavy atom. The molecule has 0 aromatic rings. The first-order chi connectivity index (χ1) is 7.70. The van der Waals surface area contributed by atoms with Crippen molar-refractivity contribution in [3.63, 3.8) is 0 Å². The van der Waals surface area contributed by atoms with Gasteiger partial charge in [-0.05, 0) is 63.7 Å². The Kier molecular flexibility index (Phi) is 4.07. The fraction of sp³-hybridized carbons (Fsp3) is 0.867. The molecule has 5 atom stereocenters. The Bertz CT molecular complexity index is 236. The Hall–Kier alpha value is -0.300. The van der Waals surface area contributed by atoms with E-state index < -0.39 is 0 Å². The van der Waals surface area contributed by atoms with Crippen LogP contribution in [0.2, 0.25) is 0 Å². The molecule has 2 bridgehead atoms. The van der Waals surface area contributed by atoms with Gasteiger partial charge in [-0.25, -0.2) is 0 Å². The zero-order valence-electron chi connectivity index (χ0n) is 10.9. The number of nitrogens with one attached hydrogen (secondary N) is 1. The van der Waals surface area contributed by atoms with Gasteiger partial charge in [0, 0.05) is 12.1 Å². The smallest absolute Gasteiger partial charge is 0.00722 e. The summed E-state index contributed by atoms with van der Waals surface area (Å²) in [6.45, 7) is 8.50. The summed E-state index contributed by atoms with van der Waals surface area (Å²) in [4.78, 5) is 0. The van der Waals surface area contributed by atoms with Crippen LogP contribution in [-0.2, 0) is 0 Å². The highest BCUT2D eigenvalue weighted by Crippen LogP contribution is 2.49. The molecule has 1 nitrogen and oxygen atoms in total. The molecule has 0 amide bonds. The Morgan fingerprint density at radius 3 is 2.69 bits per heavy atom. The third-order valence-electron chi connectivity index (χ3n) is 4.79. The molecule has 2 rings (SSSR count). The molecule has 0 spiro atoms. The second kappa shape index (κ2) is 5.35. The lowest BCUT2D eigenvalue weighted by Gasteiger charge is -2.31. The van der Waals surface area contributed by atoms with E-state index in [-0.39, 0.29) is 0 Å². The highest BCUT2D eigenvalue weighted by molar-refractivity contribution is 4.94. The predicted molar refractivity (Wildman–Crippen MR) is 70.4 cm³/mol. The quantitative estimate of drug-likeness (QED) is 0.673. The summed E-state index contributed by atoms with van der Waals surface area (Å²) in [5.74, 6) is 3.08. The van der Waals surface area contributed by atoms with Crippen molar-refractivity contribution < 1.29 is 0 Å². The summed E-state index contributed by atoms with van der Waals surface area (Å²) in [6, 6.07) is 1.36. The number of allylic oxidation sites excluding steroid dienone is 1. The fourth-order valence-electron chi connectivity index (χ4n) is 3.93. The van der Waals surface area contributed by atoms with Crippen LogP contribution in [0.15, 0.2) is 12.7 Å². The summed E-state index contributed by atoms with van der Waals surface area (Å²) in [6.07, 6.45) is 10.4. The maximum absolute atomic E-state index is 3.79. The van der Waals surface area contributed by atoms with Crippen molar-refractivity contribution in [1.82, 2.24) is 5.32 Å². The fourth-order valence-corrected chi connectivity index (χ4v) is 3.93. The monoisotopic (exact) mass is 221 g/mol. The molecule has 0 heterocycles. The number of rotatable bonds is 6. The van der Waals surface area contributed by atoms with Gasteiger partial charge in [0.25, 0.3) is 0 Å². The van der Waals surface area contributed by atoms with Gasteiger partial charge in [-0.1, -0.05) is 12.5 Å². The molecule has 92 valence electrons. The van der Waals surface area contributed by atoms with E-state index in [1.807, 2.05) is 6.08 Å². The van der Waals surface area contributed by atoms with Crippen molar-refractivity contribution in [2.75, 3.05) is 0 Å². The second-order valence-corrected chi connectivity index (χ2v) is 6.06. The zero-order chi connectivity index (χ0) is 11.5. The van der Waals surface area contributed by atoms with Gasteiger partial charge in [-0.15, -0.1) is 6.58 Å². The average molecular weight is 221 g/mol. The normalized spacial score (nSPS) is 36.2. The topological polar surface area (TPSA) is 12.0 Å². The summed E-state index contributed by atoms with van der Waals surface area (Å²) < 4.78 is 0. The van der Waals surface area contributed by atoms with Crippen molar-refractivity contribution in [3.8, 4) is 0 Å². The summed E-state index contributed by atoms with van der Waals surface area (Å²) in [5, 5.41) is 3.79. The minimum atomic E-state index is 0.645. The van der Waals surface area contributed by atoms with Gasteiger partial charge in [0.1, 0.15) is 0 Å². The van der Waals surface area contributed by atoms with Crippen molar-refractivity contribution in [3.05, 3.63) is 12.7 Å². The maximum atomic E-state index is 3.79. The molecule has 0 aromatic carbocycles. The van der Waals surface area contributed by atoms with E-state index in [1.54, 1.807) is 0 Å². The first kappa shape index (κ1) is 12.2. The minimum absolute atomic E-state index is 0.645. The van der Waals surface area contributed by atoms with Crippen LogP contribution in [0.1, 0.15) is 52.4 Å². The van der Waals surface area contributed by atoms with Crippen molar-refractivity contribution in [2.24, 2.45) is 17.8 Å². The standard InChI is InChI=1S/C15H27N/c1-4-5-6-11(2)16-12(3)15-10-13-7-8-14(15)9-13/h4,11-16H,1,5-10H2,2-3H3. The first-order valence-corrected chi connectivity index (χ1v) is 7.07. The van der Waals surface area contributed by atoms with Gasteiger partial charge < -0.3 is 5.32 Å². The van der Waals surface area contributed by atoms with Gasteiger partial charge in [-0.3, -0.25) is 0 Å². The molecule has 0 aliphatic heterocycles. The predicted octanol–water partition coefficient (Wildman–Crippen LogP) is 3.76. The van der Waals surface area contributed by atoms with Gasteiger partial charge in [0.2, 0.25) is 0 Å². The Balaban J connectivity index is 1.75. The molecule has 2 fully saturated rings. The van der Waals surface area contributed by atoms with Gasteiger partial charge in [0.05, 0.1) is 0 Å². The third-order valence-corrected chi connectivity index (χ3v) is 4.79. The molecule has 1 N–H and O–H groups in total. The third kappa shape index (κ3) is 2.68. The number of hydrogen-bond acceptors (Lipinski definition) is 1. The molecule has 0 aromatic heterocycles. The van der Waals surface area contributed by atoms with Crippen LogP contribution in [0.25, 0.3) is 0 Å². The van der Waals surface area contributed by atoms with Crippen LogP contribution in [-0.4, -0.2) is 12.1 Å². The van der Waals surface area contributed by atoms with E-state index in [4.69, 9.17) is 0 Å². The average Bonchev–Trinajstić information content (AvgIpc) is 2.87. The highest BCUT2D eigenvalue weighted by atomic mass is 14.9. The maximum Gasteiger partial charge on any atom is 0.00722 e. The first-order valence-electron chi connectivity index (χ1n) is 7.07. The molecule has 2 aliphatic rings. The molecule has 2 saturated carbocycles. The zero-order valence-corrected chi connectivity index (χ0v) is 10.9. The summed E-state index contributed by atoms with van der Waals surface area (Å²) in [7, 11) is 0. The summed E-state index contributed by atoms with van der Waals surface area (Å²) >= 11 is 0. The highest BCUT2D eigenvalue weighted by Gasteiger charge is 2.41. The van der Waals surface area contributed by atoms with Gasteiger partial charge >= 0.3 is 0 Å². The van der Waals surface area contributed by atoms with Crippen molar-refractivity contribution in [1.29, 1.82) is 0 Å². The Morgan fingerprint density at radius 1 is 1.31 bits per heavy atom. The van der Waals surface area contributed by atoms with E-state index in [2.05, 4.69) is 25.7 Å².